The lowest BCUT2D eigenvalue weighted by molar-refractivity contribution is 0.372. The van der Waals surface area contributed by atoms with Crippen LogP contribution in [-0.4, -0.2) is 44.3 Å². The van der Waals surface area contributed by atoms with E-state index in [0.29, 0.717) is 11.4 Å². The van der Waals surface area contributed by atoms with Crippen LogP contribution in [0.25, 0.3) is 27.8 Å². The van der Waals surface area contributed by atoms with E-state index in [2.05, 4.69) is 39.4 Å². The highest BCUT2D eigenvalue weighted by molar-refractivity contribution is 5.85. The van der Waals surface area contributed by atoms with Crippen molar-refractivity contribution >= 4 is 16.7 Å². The number of H-pyrrole nitrogens is 1. The largest absolute Gasteiger partial charge is 0.493 e. The van der Waals surface area contributed by atoms with Crippen LogP contribution in [0.1, 0.15) is 31.4 Å². The second-order valence-electron chi connectivity index (χ2n) is 7.51. The fourth-order valence-electron chi connectivity index (χ4n) is 4.39. The van der Waals surface area contributed by atoms with Crippen molar-refractivity contribution in [2.45, 2.75) is 32.2 Å². The molecule has 5 rings (SSSR count). The summed E-state index contributed by atoms with van der Waals surface area (Å²) in [6.07, 6.45) is 6.42. The molecule has 0 unspecified atom stereocenters. The number of methoxy groups -OCH3 is 1. The standard InChI is InChI=1S/C21H24N6O2/c1-3-13-7-18-17(25-21(28)27(18)15-5-4-6-22-10-15)9-16(13)14-8-19(29-2)20-23-12-24-26(20)11-14/h7-9,11-12,15,22H,3-6,10H2,1-2H3,(H,25,28)/t15-/m1/s1. The Kier molecular flexibility index (Phi) is 4.35. The van der Waals surface area contributed by atoms with Gasteiger partial charge in [-0.15, -0.1) is 0 Å². The predicted molar refractivity (Wildman–Crippen MR) is 112 cm³/mol. The van der Waals surface area contributed by atoms with E-state index in [1.54, 1.807) is 11.6 Å². The molecular weight excluding hydrogens is 368 g/mol. The number of nitrogens with zero attached hydrogens (tertiary/aromatic N) is 4. The monoisotopic (exact) mass is 392 g/mol. The van der Waals surface area contributed by atoms with Gasteiger partial charge in [0.25, 0.3) is 0 Å². The number of piperidine rings is 1. The van der Waals surface area contributed by atoms with Crippen molar-refractivity contribution in [2.75, 3.05) is 20.2 Å². The van der Waals surface area contributed by atoms with Crippen LogP contribution in [-0.2, 0) is 6.42 Å². The van der Waals surface area contributed by atoms with E-state index in [1.165, 1.54) is 11.9 Å². The fourth-order valence-corrected chi connectivity index (χ4v) is 4.39. The van der Waals surface area contributed by atoms with Crippen molar-refractivity contribution in [1.82, 2.24) is 29.5 Å². The molecule has 1 atom stereocenters. The number of rotatable bonds is 4. The summed E-state index contributed by atoms with van der Waals surface area (Å²) < 4.78 is 9.16. The van der Waals surface area contributed by atoms with Gasteiger partial charge in [0.05, 0.1) is 24.2 Å². The molecule has 1 saturated heterocycles. The van der Waals surface area contributed by atoms with Gasteiger partial charge in [0.15, 0.2) is 11.4 Å². The van der Waals surface area contributed by atoms with E-state index in [1.807, 2.05) is 16.8 Å². The van der Waals surface area contributed by atoms with E-state index in [4.69, 9.17) is 4.74 Å². The third-order valence-corrected chi connectivity index (χ3v) is 5.83. The van der Waals surface area contributed by atoms with E-state index < -0.39 is 0 Å². The van der Waals surface area contributed by atoms with Gasteiger partial charge in [0.2, 0.25) is 0 Å². The molecule has 0 aliphatic carbocycles. The molecule has 4 aromatic rings. The number of ether oxygens (including phenoxy) is 1. The SMILES string of the molecule is CCc1cc2c(cc1-c1cc(OC)c3ncnn3c1)[nH]c(=O)n2[C@@H]1CCCNC1. The van der Waals surface area contributed by atoms with Crippen LogP contribution < -0.4 is 15.7 Å². The first-order chi connectivity index (χ1) is 14.2. The van der Waals surface area contributed by atoms with Gasteiger partial charge in [0.1, 0.15) is 6.33 Å². The number of hydrogen-bond donors (Lipinski definition) is 2. The Morgan fingerprint density at radius 3 is 2.97 bits per heavy atom. The first-order valence-electron chi connectivity index (χ1n) is 10.0. The topological polar surface area (TPSA) is 89.2 Å². The molecule has 1 aromatic carbocycles. The molecule has 1 aliphatic rings. The Morgan fingerprint density at radius 1 is 1.31 bits per heavy atom. The number of aromatic amines is 1. The molecule has 29 heavy (non-hydrogen) atoms. The molecule has 4 heterocycles. The van der Waals surface area contributed by atoms with E-state index >= 15 is 0 Å². The second-order valence-corrected chi connectivity index (χ2v) is 7.51. The van der Waals surface area contributed by atoms with Crippen LogP contribution in [0.4, 0.5) is 0 Å². The minimum Gasteiger partial charge on any atom is -0.493 e. The first-order valence-corrected chi connectivity index (χ1v) is 10.0. The highest BCUT2D eigenvalue weighted by atomic mass is 16.5. The molecule has 0 radical (unpaired) electrons. The summed E-state index contributed by atoms with van der Waals surface area (Å²) in [5.74, 6) is 0.668. The van der Waals surface area contributed by atoms with Crippen LogP contribution in [0.3, 0.4) is 0 Å². The summed E-state index contributed by atoms with van der Waals surface area (Å²) in [4.78, 5) is 20.1. The van der Waals surface area contributed by atoms with Gasteiger partial charge in [-0.3, -0.25) is 4.57 Å². The van der Waals surface area contributed by atoms with Gasteiger partial charge >= 0.3 is 5.69 Å². The summed E-state index contributed by atoms with van der Waals surface area (Å²) in [6.45, 7) is 3.98. The number of hydrogen-bond acceptors (Lipinski definition) is 5. The lowest BCUT2D eigenvalue weighted by Gasteiger charge is -2.24. The highest BCUT2D eigenvalue weighted by Crippen LogP contribution is 2.32. The maximum Gasteiger partial charge on any atom is 0.326 e. The average Bonchev–Trinajstić information content (AvgIpc) is 3.35. The second kappa shape index (κ2) is 7.04. The molecule has 0 saturated carbocycles. The third-order valence-electron chi connectivity index (χ3n) is 5.83. The van der Waals surface area contributed by atoms with Crippen molar-refractivity contribution in [2.24, 2.45) is 0 Å². The smallest absolute Gasteiger partial charge is 0.326 e. The lowest BCUT2D eigenvalue weighted by Crippen LogP contribution is -2.35. The lowest BCUT2D eigenvalue weighted by atomic mass is 9.98. The number of nitrogens with one attached hydrogen (secondary N) is 2. The van der Waals surface area contributed by atoms with E-state index in [-0.39, 0.29) is 11.7 Å². The fraction of sp³-hybridized carbons (Fsp3) is 0.381. The molecule has 1 aliphatic heterocycles. The number of aromatic nitrogens is 5. The molecular formula is C21H24N6O2. The van der Waals surface area contributed by atoms with Gasteiger partial charge < -0.3 is 15.0 Å². The normalized spacial score (nSPS) is 17.2. The Labute approximate surface area is 167 Å². The first kappa shape index (κ1) is 17.9. The minimum absolute atomic E-state index is 0.0442. The van der Waals surface area contributed by atoms with Crippen LogP contribution in [0.5, 0.6) is 5.75 Å². The molecule has 3 aromatic heterocycles. The number of fused-ring (bicyclic) bond motifs is 2. The van der Waals surface area contributed by atoms with Gasteiger partial charge in [-0.2, -0.15) is 5.10 Å². The van der Waals surface area contributed by atoms with Crippen molar-refractivity contribution in [3.8, 4) is 16.9 Å². The van der Waals surface area contributed by atoms with Crippen LogP contribution in [0, 0.1) is 0 Å². The molecule has 150 valence electrons. The van der Waals surface area contributed by atoms with Crippen molar-refractivity contribution in [3.63, 3.8) is 0 Å². The summed E-state index contributed by atoms with van der Waals surface area (Å²) in [5, 5.41) is 7.67. The van der Waals surface area contributed by atoms with Crippen molar-refractivity contribution < 1.29 is 4.74 Å². The molecule has 0 amide bonds. The van der Waals surface area contributed by atoms with Gasteiger partial charge in [0, 0.05) is 18.3 Å². The average molecular weight is 392 g/mol. The minimum atomic E-state index is -0.0442. The Hall–Kier alpha value is -3.13. The quantitative estimate of drug-likeness (QED) is 0.557. The number of pyridine rings is 1. The summed E-state index contributed by atoms with van der Waals surface area (Å²) >= 11 is 0. The van der Waals surface area contributed by atoms with Gasteiger partial charge in [-0.1, -0.05) is 6.92 Å². The highest BCUT2D eigenvalue weighted by Gasteiger charge is 2.21. The number of benzene rings is 1. The zero-order valence-electron chi connectivity index (χ0n) is 16.6. The zero-order chi connectivity index (χ0) is 20.0. The summed E-state index contributed by atoms with van der Waals surface area (Å²) in [7, 11) is 1.63. The maximum absolute atomic E-state index is 12.8. The zero-order valence-corrected chi connectivity index (χ0v) is 16.6. The van der Waals surface area contributed by atoms with Crippen molar-refractivity contribution in [1.29, 1.82) is 0 Å². The molecule has 0 spiro atoms. The molecule has 1 fully saturated rings. The summed E-state index contributed by atoms with van der Waals surface area (Å²) in [6, 6.07) is 6.38. The van der Waals surface area contributed by atoms with Crippen molar-refractivity contribution in [3.05, 3.63) is 46.8 Å². The van der Waals surface area contributed by atoms with Gasteiger partial charge in [-0.05, 0) is 55.1 Å². The predicted octanol–water partition coefficient (Wildman–Crippen LogP) is 2.53. The number of aryl methyl sites for hydroxylation is 1. The van der Waals surface area contributed by atoms with Crippen LogP contribution >= 0.6 is 0 Å². The van der Waals surface area contributed by atoms with Gasteiger partial charge in [-0.25, -0.2) is 14.3 Å². The molecule has 2 N–H and O–H groups in total. The van der Waals surface area contributed by atoms with Crippen LogP contribution in [0.2, 0.25) is 0 Å². The summed E-state index contributed by atoms with van der Waals surface area (Å²) in [5.41, 5.74) is 5.67. The molecule has 8 heteroatoms. The van der Waals surface area contributed by atoms with E-state index in [0.717, 1.165) is 54.5 Å². The Bertz CT molecular complexity index is 1250. The van der Waals surface area contributed by atoms with Crippen LogP contribution in [0.15, 0.2) is 35.5 Å². The number of imidazole rings is 1. The Balaban J connectivity index is 1.70. The van der Waals surface area contributed by atoms with E-state index in [9.17, 15) is 4.79 Å². The third kappa shape index (κ3) is 2.91. The Morgan fingerprint density at radius 2 is 2.21 bits per heavy atom. The molecule has 8 nitrogen and oxygen atoms in total. The maximum atomic E-state index is 12.8. The molecule has 0 bridgehead atoms.